The quantitative estimate of drug-likeness (QED) is 0.507. The van der Waals surface area contributed by atoms with Crippen LogP contribution in [-0.2, 0) is 10.7 Å². The average Bonchev–Trinajstić information content (AvgIpc) is 3.52. The van der Waals surface area contributed by atoms with E-state index in [4.69, 9.17) is 24.1 Å². The third-order valence-corrected chi connectivity index (χ3v) is 6.01. The fraction of sp³-hybridized carbons (Fsp3) is 0.417. The van der Waals surface area contributed by atoms with Crippen LogP contribution in [0.2, 0.25) is 0 Å². The molecule has 0 spiro atoms. The number of benzene rings is 2. The number of halogens is 3. The number of nitrogens with one attached hydrogen (secondary N) is 1. The molecule has 8 nitrogen and oxygen atoms in total. The van der Waals surface area contributed by atoms with Crippen molar-refractivity contribution in [3.8, 4) is 17.2 Å². The van der Waals surface area contributed by atoms with Crippen molar-refractivity contribution in [1.82, 2.24) is 9.97 Å². The maximum atomic E-state index is 15.0. The Bertz CT molecular complexity index is 1270. The molecule has 3 aromatic rings. The van der Waals surface area contributed by atoms with E-state index in [1.807, 2.05) is 0 Å². The van der Waals surface area contributed by atoms with Crippen molar-refractivity contribution >= 4 is 16.7 Å². The molecule has 186 valence electrons. The van der Waals surface area contributed by atoms with Crippen LogP contribution in [0.3, 0.4) is 0 Å². The number of rotatable bonds is 7. The van der Waals surface area contributed by atoms with E-state index >= 15 is 4.39 Å². The molecule has 0 aliphatic carbocycles. The molecular weight excluding hydrogens is 467 g/mol. The zero-order valence-corrected chi connectivity index (χ0v) is 19.1. The highest BCUT2D eigenvalue weighted by atomic mass is 19.3. The summed E-state index contributed by atoms with van der Waals surface area (Å²) in [5.41, 5.74) is -0.385. The average molecular weight is 491 g/mol. The van der Waals surface area contributed by atoms with Gasteiger partial charge in [0.1, 0.15) is 35.7 Å². The molecule has 2 atom stereocenters. The lowest BCUT2D eigenvalue weighted by atomic mass is 10.00. The molecule has 5 rings (SSSR count). The van der Waals surface area contributed by atoms with Gasteiger partial charge in [-0.05, 0) is 26.0 Å². The van der Waals surface area contributed by atoms with Gasteiger partial charge in [-0.1, -0.05) is 12.1 Å². The van der Waals surface area contributed by atoms with Crippen molar-refractivity contribution < 1.29 is 37.2 Å². The third kappa shape index (κ3) is 4.30. The predicted octanol–water partition coefficient (Wildman–Crippen LogP) is 4.23. The number of alkyl halides is 2. The Balaban J connectivity index is 1.55. The fourth-order valence-corrected chi connectivity index (χ4v) is 4.24. The van der Waals surface area contributed by atoms with Crippen molar-refractivity contribution in [2.75, 3.05) is 31.9 Å². The molecule has 1 saturated heterocycles. The molecule has 0 saturated carbocycles. The number of aromatic nitrogens is 2. The predicted molar refractivity (Wildman–Crippen MR) is 120 cm³/mol. The molecule has 0 bridgehead atoms. The Hall–Kier alpha value is -3.31. The van der Waals surface area contributed by atoms with Gasteiger partial charge in [0.05, 0.1) is 30.2 Å². The smallest absolute Gasteiger partial charge is 0.298 e. The molecule has 0 unspecified atom stereocenters. The van der Waals surface area contributed by atoms with E-state index in [1.165, 1.54) is 12.1 Å². The van der Waals surface area contributed by atoms with E-state index < -0.39 is 30.0 Å². The second kappa shape index (κ2) is 9.04. The number of hydrogen-bond acceptors (Lipinski definition) is 8. The summed E-state index contributed by atoms with van der Waals surface area (Å²) in [4.78, 5) is 8.97. The van der Waals surface area contributed by atoms with Gasteiger partial charge in [-0.15, -0.1) is 0 Å². The highest BCUT2D eigenvalue weighted by Gasteiger charge is 2.35. The first-order valence-electron chi connectivity index (χ1n) is 11.2. The van der Waals surface area contributed by atoms with Gasteiger partial charge in [0, 0.05) is 12.0 Å². The number of ether oxygens (including phenoxy) is 4. The lowest BCUT2D eigenvalue weighted by Crippen LogP contribution is -2.22. The summed E-state index contributed by atoms with van der Waals surface area (Å²) < 4.78 is 65.9. The Morgan fingerprint density at radius 1 is 1.26 bits per heavy atom. The Labute approximate surface area is 199 Å². The number of aliphatic hydroxyl groups excluding tert-OH is 1. The summed E-state index contributed by atoms with van der Waals surface area (Å²) in [5, 5.41) is 12.7. The molecule has 1 fully saturated rings. The van der Waals surface area contributed by atoms with Crippen LogP contribution < -0.4 is 19.5 Å². The van der Waals surface area contributed by atoms with Crippen LogP contribution >= 0.6 is 0 Å². The lowest BCUT2D eigenvalue weighted by Gasteiger charge is -2.21. The monoisotopic (exact) mass is 491 g/mol. The van der Waals surface area contributed by atoms with Gasteiger partial charge in [-0.25, -0.2) is 14.4 Å². The van der Waals surface area contributed by atoms with E-state index in [1.54, 1.807) is 19.9 Å². The van der Waals surface area contributed by atoms with Crippen molar-refractivity contribution in [3.05, 3.63) is 47.0 Å². The molecule has 2 N–H and O–H groups in total. The molecule has 2 aliphatic rings. The normalized spacial score (nSPS) is 18.2. The first-order valence-corrected chi connectivity index (χ1v) is 11.2. The van der Waals surface area contributed by atoms with E-state index in [0.717, 1.165) is 12.5 Å². The number of nitrogens with zero attached hydrogens (tertiary/aromatic N) is 2. The molecule has 0 radical (unpaired) electrons. The van der Waals surface area contributed by atoms with Crippen LogP contribution in [-0.4, -0.2) is 47.8 Å². The molecule has 3 heterocycles. The molecule has 1 aromatic heterocycles. The maximum Gasteiger partial charge on any atom is 0.298 e. The van der Waals surface area contributed by atoms with E-state index in [9.17, 15) is 8.78 Å². The number of aryl methyl sites for hydroxylation is 1. The van der Waals surface area contributed by atoms with Crippen LogP contribution in [0, 0.1) is 12.7 Å². The van der Waals surface area contributed by atoms with Gasteiger partial charge in [0.2, 0.25) is 12.5 Å². The maximum absolute atomic E-state index is 15.0. The fourth-order valence-electron chi connectivity index (χ4n) is 4.24. The van der Waals surface area contributed by atoms with Crippen molar-refractivity contribution in [1.29, 1.82) is 0 Å². The molecule has 11 heteroatoms. The number of fused-ring (bicyclic) bond motifs is 3. The minimum absolute atomic E-state index is 0.000335. The molecule has 2 aromatic carbocycles. The highest BCUT2D eigenvalue weighted by molar-refractivity contribution is 5.97. The van der Waals surface area contributed by atoms with E-state index in [0.29, 0.717) is 53.0 Å². The van der Waals surface area contributed by atoms with E-state index in [2.05, 4.69) is 15.3 Å². The first-order chi connectivity index (χ1) is 16.8. The number of hydrogen-bond donors (Lipinski definition) is 2. The largest absolute Gasteiger partial charge is 0.484 e. The summed E-state index contributed by atoms with van der Waals surface area (Å²) in [5.74, 6) is -2.73. The van der Waals surface area contributed by atoms with Crippen molar-refractivity contribution in [3.63, 3.8) is 0 Å². The van der Waals surface area contributed by atoms with Gasteiger partial charge in [0.25, 0.3) is 5.92 Å². The Kier molecular flexibility index (Phi) is 6.06. The zero-order valence-electron chi connectivity index (χ0n) is 19.1. The van der Waals surface area contributed by atoms with Crippen LogP contribution in [0.5, 0.6) is 17.2 Å². The summed E-state index contributed by atoms with van der Waals surface area (Å²) in [6.07, 6.45) is 0.585. The van der Waals surface area contributed by atoms with Crippen molar-refractivity contribution in [2.45, 2.75) is 38.3 Å². The van der Waals surface area contributed by atoms with Gasteiger partial charge >= 0.3 is 0 Å². The summed E-state index contributed by atoms with van der Waals surface area (Å²) in [6, 6.07) is 4.67. The standard InChI is InChI=1S/C24H24F3N3O5/c1-12(15-4-3-5-17(19(15)25)24(26,27)10-31)28-23-16-8-18(35-14-6-7-32-9-14)21-22(34-11-33-21)20(16)29-13(2)30-23/h3-5,8,12,14,31H,6-7,9-11H2,1-2H3,(H,28,29,30)/t12-,14+/m1/s1. The van der Waals surface area contributed by atoms with Crippen LogP contribution in [0.1, 0.15) is 36.3 Å². The Morgan fingerprint density at radius 3 is 2.80 bits per heavy atom. The van der Waals surface area contributed by atoms with Gasteiger partial charge in [0.15, 0.2) is 11.5 Å². The lowest BCUT2D eigenvalue weighted by molar-refractivity contribution is -0.0583. The molecule has 0 amide bonds. The summed E-state index contributed by atoms with van der Waals surface area (Å²) in [6.45, 7) is 2.89. The van der Waals surface area contributed by atoms with E-state index in [-0.39, 0.29) is 18.5 Å². The van der Waals surface area contributed by atoms with Crippen LogP contribution in [0.15, 0.2) is 24.3 Å². The minimum Gasteiger partial charge on any atom is -0.484 e. The Morgan fingerprint density at radius 2 is 2.06 bits per heavy atom. The third-order valence-electron chi connectivity index (χ3n) is 6.01. The molecule has 35 heavy (non-hydrogen) atoms. The van der Waals surface area contributed by atoms with Gasteiger partial charge < -0.3 is 29.4 Å². The van der Waals surface area contributed by atoms with Gasteiger partial charge in [-0.3, -0.25) is 0 Å². The number of aliphatic hydroxyl groups is 1. The first kappa shape index (κ1) is 23.4. The summed E-state index contributed by atoms with van der Waals surface area (Å²) in [7, 11) is 0. The zero-order chi connectivity index (χ0) is 24.7. The highest BCUT2D eigenvalue weighted by Crippen LogP contribution is 2.48. The molecule has 2 aliphatic heterocycles. The summed E-state index contributed by atoms with van der Waals surface area (Å²) >= 11 is 0. The SMILES string of the molecule is Cc1nc(N[C@H](C)c2cccc(C(F)(F)CO)c2F)c2cc(O[C@H]3CCOC3)c3c(c2n1)OCO3. The number of anilines is 1. The van der Waals surface area contributed by atoms with Crippen molar-refractivity contribution in [2.24, 2.45) is 0 Å². The van der Waals surface area contributed by atoms with Gasteiger partial charge in [-0.2, -0.15) is 8.78 Å². The second-order valence-corrected chi connectivity index (χ2v) is 8.50. The molecular formula is C24H24F3N3O5. The minimum atomic E-state index is -3.70. The van der Waals surface area contributed by atoms with Crippen LogP contribution in [0.4, 0.5) is 19.0 Å². The second-order valence-electron chi connectivity index (χ2n) is 8.50. The van der Waals surface area contributed by atoms with Crippen LogP contribution in [0.25, 0.3) is 10.9 Å². The topological polar surface area (TPSA) is 95.0 Å².